The number of nitrogens with zero attached hydrogens (tertiary/aromatic N) is 1. The summed E-state index contributed by atoms with van der Waals surface area (Å²) in [7, 11) is 0. The van der Waals surface area contributed by atoms with Crippen LogP contribution in [-0.2, 0) is 0 Å². The number of aromatic nitrogens is 1. The molecule has 0 aliphatic heterocycles. The Bertz CT molecular complexity index is 552. The van der Waals surface area contributed by atoms with Crippen molar-refractivity contribution in [3.05, 3.63) is 66.0 Å². The first-order chi connectivity index (χ1) is 11.2. The van der Waals surface area contributed by atoms with Gasteiger partial charge in [0.25, 0.3) is 0 Å². The second-order valence-electron chi connectivity index (χ2n) is 6.89. The van der Waals surface area contributed by atoms with Gasteiger partial charge >= 0.3 is 0 Å². The molecule has 1 atom stereocenters. The van der Waals surface area contributed by atoms with Gasteiger partial charge in [-0.25, -0.2) is 0 Å². The first-order valence-corrected chi connectivity index (χ1v) is 8.58. The van der Waals surface area contributed by atoms with Crippen molar-refractivity contribution in [3.8, 4) is 0 Å². The molecule has 1 unspecified atom stereocenters. The van der Waals surface area contributed by atoms with E-state index in [0.29, 0.717) is 6.54 Å². The maximum atomic E-state index is 10.8. The average Bonchev–Trinajstić information content (AvgIpc) is 2.60. The van der Waals surface area contributed by atoms with Gasteiger partial charge in [0, 0.05) is 12.7 Å². The highest BCUT2D eigenvalue weighted by atomic mass is 16.3. The quantitative estimate of drug-likeness (QED) is 0.885. The lowest BCUT2D eigenvalue weighted by Gasteiger charge is -2.36. The lowest BCUT2D eigenvalue weighted by atomic mass is 9.79. The Morgan fingerprint density at radius 1 is 1.13 bits per heavy atom. The molecule has 0 saturated heterocycles. The largest absolute Gasteiger partial charge is 0.389 e. The number of hydrogen-bond donors (Lipinski definition) is 2. The predicted octanol–water partition coefficient (Wildman–Crippen LogP) is 3.70. The lowest BCUT2D eigenvalue weighted by molar-refractivity contribution is -0.00746. The van der Waals surface area contributed by atoms with Crippen molar-refractivity contribution in [1.82, 2.24) is 10.3 Å². The van der Waals surface area contributed by atoms with E-state index < -0.39 is 5.60 Å². The second kappa shape index (κ2) is 7.24. The van der Waals surface area contributed by atoms with Gasteiger partial charge in [-0.05, 0) is 49.3 Å². The Balaban J connectivity index is 1.75. The molecule has 1 saturated carbocycles. The van der Waals surface area contributed by atoms with Crippen molar-refractivity contribution >= 4 is 0 Å². The number of benzene rings is 1. The summed E-state index contributed by atoms with van der Waals surface area (Å²) < 4.78 is 0. The molecule has 3 heteroatoms. The van der Waals surface area contributed by atoms with E-state index >= 15 is 0 Å². The normalized spacial score (nSPS) is 25.9. The van der Waals surface area contributed by atoms with Gasteiger partial charge in [0.15, 0.2) is 0 Å². The van der Waals surface area contributed by atoms with Crippen LogP contribution in [0.4, 0.5) is 0 Å². The second-order valence-corrected chi connectivity index (χ2v) is 6.89. The highest BCUT2D eigenvalue weighted by molar-refractivity contribution is 5.27. The maximum Gasteiger partial charge on any atom is 0.0772 e. The fraction of sp³-hybridized carbons (Fsp3) is 0.450. The highest BCUT2D eigenvalue weighted by Crippen LogP contribution is 2.32. The Hall–Kier alpha value is -1.71. The summed E-state index contributed by atoms with van der Waals surface area (Å²) in [4.78, 5) is 4.51. The Kier molecular flexibility index (Phi) is 5.09. The molecule has 2 aromatic rings. The molecule has 3 nitrogen and oxygen atoms in total. The Morgan fingerprint density at radius 2 is 1.83 bits per heavy atom. The van der Waals surface area contributed by atoms with Crippen LogP contribution < -0.4 is 5.32 Å². The van der Waals surface area contributed by atoms with E-state index in [1.165, 1.54) is 5.56 Å². The van der Waals surface area contributed by atoms with Crippen LogP contribution in [-0.4, -0.2) is 22.2 Å². The molecule has 0 radical (unpaired) electrons. The van der Waals surface area contributed by atoms with Crippen molar-refractivity contribution in [2.24, 2.45) is 5.92 Å². The van der Waals surface area contributed by atoms with Crippen LogP contribution in [0.2, 0.25) is 0 Å². The van der Waals surface area contributed by atoms with Gasteiger partial charge in [-0.15, -0.1) is 0 Å². The fourth-order valence-corrected chi connectivity index (χ4v) is 3.35. The van der Waals surface area contributed by atoms with Crippen LogP contribution in [0.15, 0.2) is 54.7 Å². The molecule has 1 aromatic carbocycles. The molecule has 3 rings (SSSR count). The first-order valence-electron chi connectivity index (χ1n) is 8.58. The Morgan fingerprint density at radius 3 is 2.48 bits per heavy atom. The van der Waals surface area contributed by atoms with Gasteiger partial charge in [-0.3, -0.25) is 4.98 Å². The van der Waals surface area contributed by atoms with Gasteiger partial charge in [0.2, 0.25) is 0 Å². The summed E-state index contributed by atoms with van der Waals surface area (Å²) in [6.07, 6.45) is 5.80. The summed E-state index contributed by atoms with van der Waals surface area (Å²) in [5, 5.41) is 14.4. The third kappa shape index (κ3) is 4.18. The average molecular weight is 310 g/mol. The maximum absolute atomic E-state index is 10.8. The minimum Gasteiger partial charge on any atom is -0.389 e. The van der Waals surface area contributed by atoms with E-state index in [0.717, 1.165) is 37.3 Å². The monoisotopic (exact) mass is 310 g/mol. The molecule has 2 N–H and O–H groups in total. The Labute approximate surface area is 138 Å². The number of hydrogen-bond acceptors (Lipinski definition) is 3. The first kappa shape index (κ1) is 16.2. The number of pyridine rings is 1. The molecular formula is C20H26N2O. The van der Waals surface area contributed by atoms with Crippen LogP contribution >= 0.6 is 0 Å². The number of aliphatic hydroxyl groups is 1. The van der Waals surface area contributed by atoms with Crippen LogP contribution in [0.5, 0.6) is 0 Å². The molecule has 0 amide bonds. The van der Waals surface area contributed by atoms with Gasteiger partial charge in [-0.2, -0.15) is 0 Å². The van der Waals surface area contributed by atoms with E-state index in [-0.39, 0.29) is 6.04 Å². The standard InChI is InChI=1S/C20H26N2O/c1-16-10-12-20(23,13-11-16)15-22-19(17-7-3-2-4-8-17)18-9-5-6-14-21-18/h2-9,14,16,19,22-23H,10-13,15H2,1H3. The molecule has 1 fully saturated rings. The van der Waals surface area contributed by atoms with E-state index in [2.05, 4.69) is 29.4 Å². The zero-order valence-electron chi connectivity index (χ0n) is 13.8. The molecular weight excluding hydrogens is 284 g/mol. The number of nitrogens with one attached hydrogen (secondary N) is 1. The molecule has 0 spiro atoms. The lowest BCUT2D eigenvalue weighted by Crippen LogP contribution is -2.44. The van der Waals surface area contributed by atoms with Crippen LogP contribution in [0.25, 0.3) is 0 Å². The summed E-state index contributed by atoms with van der Waals surface area (Å²) in [5.41, 5.74) is 1.58. The third-order valence-corrected chi connectivity index (χ3v) is 4.96. The zero-order chi connectivity index (χ0) is 16.1. The minimum atomic E-state index is -0.589. The molecule has 23 heavy (non-hydrogen) atoms. The molecule has 122 valence electrons. The smallest absolute Gasteiger partial charge is 0.0772 e. The summed E-state index contributed by atoms with van der Waals surface area (Å²) in [6, 6.07) is 16.3. The van der Waals surface area contributed by atoms with Crippen molar-refractivity contribution < 1.29 is 5.11 Å². The van der Waals surface area contributed by atoms with Gasteiger partial charge in [0.1, 0.15) is 0 Å². The van der Waals surface area contributed by atoms with E-state index in [1.807, 2.05) is 42.6 Å². The van der Waals surface area contributed by atoms with E-state index in [1.54, 1.807) is 0 Å². The van der Waals surface area contributed by atoms with Gasteiger partial charge in [0.05, 0.1) is 17.3 Å². The molecule has 1 aliphatic rings. The molecule has 1 heterocycles. The van der Waals surface area contributed by atoms with E-state index in [9.17, 15) is 5.11 Å². The van der Waals surface area contributed by atoms with Crippen molar-refractivity contribution in [2.75, 3.05) is 6.54 Å². The highest BCUT2D eigenvalue weighted by Gasteiger charge is 2.32. The molecule has 0 bridgehead atoms. The summed E-state index contributed by atoms with van der Waals surface area (Å²) in [5.74, 6) is 0.732. The summed E-state index contributed by atoms with van der Waals surface area (Å²) in [6.45, 7) is 2.88. The molecule has 1 aromatic heterocycles. The van der Waals surface area contributed by atoms with Crippen molar-refractivity contribution in [2.45, 2.75) is 44.2 Å². The predicted molar refractivity (Wildman–Crippen MR) is 93.1 cm³/mol. The van der Waals surface area contributed by atoms with Crippen molar-refractivity contribution in [3.63, 3.8) is 0 Å². The van der Waals surface area contributed by atoms with Crippen LogP contribution in [0, 0.1) is 5.92 Å². The molecule has 1 aliphatic carbocycles. The number of rotatable bonds is 5. The van der Waals surface area contributed by atoms with E-state index in [4.69, 9.17) is 0 Å². The van der Waals surface area contributed by atoms with Crippen LogP contribution in [0.1, 0.15) is 49.9 Å². The fourth-order valence-electron chi connectivity index (χ4n) is 3.35. The zero-order valence-corrected chi connectivity index (χ0v) is 13.8. The van der Waals surface area contributed by atoms with Gasteiger partial charge in [-0.1, -0.05) is 43.3 Å². The minimum absolute atomic E-state index is 0.0146. The van der Waals surface area contributed by atoms with Crippen LogP contribution in [0.3, 0.4) is 0 Å². The van der Waals surface area contributed by atoms with Gasteiger partial charge < -0.3 is 10.4 Å². The summed E-state index contributed by atoms with van der Waals surface area (Å²) >= 11 is 0. The third-order valence-electron chi connectivity index (χ3n) is 4.96. The topological polar surface area (TPSA) is 45.1 Å². The van der Waals surface area contributed by atoms with Crippen molar-refractivity contribution in [1.29, 1.82) is 0 Å². The SMILES string of the molecule is CC1CCC(O)(CNC(c2ccccc2)c2ccccn2)CC1.